The van der Waals surface area contributed by atoms with Crippen LogP contribution in [0, 0.1) is 5.92 Å². The van der Waals surface area contributed by atoms with Crippen LogP contribution in [0.2, 0.25) is 10.0 Å². The van der Waals surface area contributed by atoms with E-state index in [2.05, 4.69) is 5.32 Å². The lowest BCUT2D eigenvalue weighted by molar-refractivity contribution is -0.132. The number of hydrogen-bond donors (Lipinski definition) is 2. The summed E-state index contributed by atoms with van der Waals surface area (Å²) in [6.45, 7) is 2.17. The molecule has 1 heterocycles. The molecule has 1 aliphatic heterocycles. The van der Waals surface area contributed by atoms with Gasteiger partial charge < -0.3 is 15.3 Å². The van der Waals surface area contributed by atoms with Gasteiger partial charge in [-0.05, 0) is 31.0 Å². The predicted octanol–water partition coefficient (Wildman–Crippen LogP) is 2.23. The van der Waals surface area contributed by atoms with Crippen molar-refractivity contribution in [1.82, 2.24) is 5.32 Å². The number of rotatable bonds is 5. The molecule has 2 unspecified atom stereocenters. The summed E-state index contributed by atoms with van der Waals surface area (Å²) in [6.07, 6.45) is 1.05. The number of aliphatic hydroxyl groups is 1. The lowest BCUT2D eigenvalue weighted by atomic mass is 10.1. The molecule has 0 bridgehead atoms. The summed E-state index contributed by atoms with van der Waals surface area (Å²) in [4.78, 5) is 26.1. The molecule has 5 nitrogen and oxygen atoms in total. The van der Waals surface area contributed by atoms with E-state index in [0.717, 1.165) is 0 Å². The number of nitrogens with one attached hydrogen (secondary N) is 1. The van der Waals surface area contributed by atoms with E-state index in [-0.39, 0.29) is 24.5 Å². The van der Waals surface area contributed by atoms with E-state index in [9.17, 15) is 9.59 Å². The molecule has 0 spiro atoms. The Morgan fingerprint density at radius 3 is 2.77 bits per heavy atom. The number of nitrogens with zero attached hydrogens (tertiary/aromatic N) is 1. The maximum absolute atomic E-state index is 12.4. The van der Waals surface area contributed by atoms with Crippen LogP contribution in [-0.2, 0) is 9.59 Å². The van der Waals surface area contributed by atoms with Gasteiger partial charge in [-0.1, -0.05) is 30.1 Å². The van der Waals surface area contributed by atoms with E-state index in [0.29, 0.717) is 35.1 Å². The standard InChI is InChI=1S/C15H18Cl2N2O3/c1-2-9(8-20)18-14(21)11-5-6-19(15(11)22)10-3-4-12(16)13(17)7-10/h3-4,7,9,11,20H,2,5-6,8H2,1H3,(H,18,21). The Morgan fingerprint density at radius 2 is 2.18 bits per heavy atom. The third-order valence-corrected chi connectivity index (χ3v) is 4.54. The van der Waals surface area contributed by atoms with E-state index < -0.39 is 5.92 Å². The van der Waals surface area contributed by atoms with Crippen LogP contribution in [-0.4, -0.2) is 36.1 Å². The molecule has 1 fully saturated rings. The molecule has 2 N–H and O–H groups in total. The minimum Gasteiger partial charge on any atom is -0.394 e. The van der Waals surface area contributed by atoms with Gasteiger partial charge in [-0.15, -0.1) is 0 Å². The highest BCUT2D eigenvalue weighted by atomic mass is 35.5. The normalized spacial score (nSPS) is 19.4. The van der Waals surface area contributed by atoms with Crippen molar-refractivity contribution in [3.8, 4) is 0 Å². The second kappa shape index (κ2) is 7.31. The van der Waals surface area contributed by atoms with Crippen molar-refractivity contribution in [2.75, 3.05) is 18.1 Å². The maximum Gasteiger partial charge on any atom is 0.239 e. The van der Waals surface area contributed by atoms with Gasteiger partial charge in [-0.3, -0.25) is 9.59 Å². The number of aliphatic hydroxyl groups excluding tert-OH is 1. The van der Waals surface area contributed by atoms with Gasteiger partial charge in [0.25, 0.3) is 0 Å². The second-order valence-corrected chi connectivity index (χ2v) is 6.04. The van der Waals surface area contributed by atoms with Gasteiger partial charge in [0.2, 0.25) is 11.8 Å². The molecular formula is C15H18Cl2N2O3. The van der Waals surface area contributed by atoms with Crippen LogP contribution in [0.15, 0.2) is 18.2 Å². The van der Waals surface area contributed by atoms with Gasteiger partial charge in [-0.25, -0.2) is 0 Å². The smallest absolute Gasteiger partial charge is 0.239 e. The number of hydrogen-bond acceptors (Lipinski definition) is 3. The van der Waals surface area contributed by atoms with Crippen LogP contribution >= 0.6 is 23.2 Å². The van der Waals surface area contributed by atoms with Crippen molar-refractivity contribution >= 4 is 40.7 Å². The first-order chi connectivity index (χ1) is 10.5. The summed E-state index contributed by atoms with van der Waals surface area (Å²) in [7, 11) is 0. The molecule has 0 radical (unpaired) electrons. The molecule has 0 saturated carbocycles. The largest absolute Gasteiger partial charge is 0.394 e. The summed E-state index contributed by atoms with van der Waals surface area (Å²) in [6, 6.07) is 4.62. The molecule has 2 atom stereocenters. The lowest BCUT2D eigenvalue weighted by Gasteiger charge is -2.19. The first-order valence-electron chi connectivity index (χ1n) is 7.15. The highest BCUT2D eigenvalue weighted by Gasteiger charge is 2.38. The van der Waals surface area contributed by atoms with Crippen molar-refractivity contribution < 1.29 is 14.7 Å². The first kappa shape index (κ1) is 17.1. The lowest BCUT2D eigenvalue weighted by Crippen LogP contribution is -2.43. The van der Waals surface area contributed by atoms with E-state index in [1.54, 1.807) is 18.2 Å². The topological polar surface area (TPSA) is 69.6 Å². The van der Waals surface area contributed by atoms with Crippen molar-refractivity contribution in [3.05, 3.63) is 28.2 Å². The van der Waals surface area contributed by atoms with Crippen LogP contribution in [0.25, 0.3) is 0 Å². The van der Waals surface area contributed by atoms with Gasteiger partial charge in [0, 0.05) is 12.2 Å². The minimum absolute atomic E-state index is 0.139. The van der Waals surface area contributed by atoms with Crippen LogP contribution in [0.5, 0.6) is 0 Å². The van der Waals surface area contributed by atoms with Gasteiger partial charge in [0.15, 0.2) is 0 Å². The SMILES string of the molecule is CCC(CO)NC(=O)C1CCN(c2ccc(Cl)c(Cl)c2)C1=O. The average molecular weight is 345 g/mol. The number of anilines is 1. The Labute approximate surface area is 139 Å². The number of amides is 2. The number of halogens is 2. The highest BCUT2D eigenvalue weighted by molar-refractivity contribution is 6.42. The molecule has 0 aliphatic carbocycles. The van der Waals surface area contributed by atoms with Gasteiger partial charge in [0.1, 0.15) is 5.92 Å². The molecule has 22 heavy (non-hydrogen) atoms. The Bertz CT molecular complexity index is 576. The number of carbonyl (C=O) groups excluding carboxylic acids is 2. The van der Waals surface area contributed by atoms with E-state index >= 15 is 0 Å². The fourth-order valence-corrected chi connectivity index (χ4v) is 2.70. The number of carbonyl (C=O) groups is 2. The van der Waals surface area contributed by atoms with Gasteiger partial charge in [0.05, 0.1) is 22.7 Å². The maximum atomic E-state index is 12.4. The molecule has 1 aliphatic rings. The van der Waals surface area contributed by atoms with E-state index in [1.807, 2.05) is 6.92 Å². The van der Waals surface area contributed by atoms with Crippen LogP contribution in [0.3, 0.4) is 0 Å². The Morgan fingerprint density at radius 1 is 1.45 bits per heavy atom. The Hall–Kier alpha value is -1.30. The molecule has 2 amide bonds. The predicted molar refractivity (Wildman–Crippen MR) is 86.2 cm³/mol. The second-order valence-electron chi connectivity index (χ2n) is 5.23. The molecule has 1 aromatic rings. The zero-order valence-electron chi connectivity index (χ0n) is 12.2. The monoisotopic (exact) mass is 344 g/mol. The first-order valence-corrected chi connectivity index (χ1v) is 7.91. The third kappa shape index (κ3) is 3.54. The molecule has 1 saturated heterocycles. The molecule has 7 heteroatoms. The molecular weight excluding hydrogens is 327 g/mol. The van der Waals surface area contributed by atoms with Crippen LogP contribution < -0.4 is 10.2 Å². The van der Waals surface area contributed by atoms with Crippen molar-refractivity contribution in [2.45, 2.75) is 25.8 Å². The summed E-state index contributed by atoms with van der Waals surface area (Å²) in [5, 5.41) is 12.6. The summed E-state index contributed by atoms with van der Waals surface area (Å²) in [5.41, 5.74) is 0.629. The Kier molecular flexibility index (Phi) is 5.67. The van der Waals surface area contributed by atoms with Crippen molar-refractivity contribution in [1.29, 1.82) is 0 Å². The fraction of sp³-hybridized carbons (Fsp3) is 0.467. The van der Waals surface area contributed by atoms with Gasteiger partial charge in [-0.2, -0.15) is 0 Å². The zero-order chi connectivity index (χ0) is 16.3. The highest BCUT2D eigenvalue weighted by Crippen LogP contribution is 2.31. The van der Waals surface area contributed by atoms with Crippen molar-refractivity contribution in [2.24, 2.45) is 5.92 Å². The van der Waals surface area contributed by atoms with E-state index in [1.165, 1.54) is 4.90 Å². The molecule has 1 aromatic carbocycles. The van der Waals surface area contributed by atoms with Crippen LogP contribution in [0.4, 0.5) is 5.69 Å². The fourth-order valence-electron chi connectivity index (χ4n) is 2.41. The van der Waals surface area contributed by atoms with Crippen LogP contribution in [0.1, 0.15) is 19.8 Å². The molecule has 2 rings (SSSR count). The quantitative estimate of drug-likeness (QED) is 0.804. The summed E-state index contributed by atoms with van der Waals surface area (Å²) < 4.78 is 0. The third-order valence-electron chi connectivity index (χ3n) is 3.80. The zero-order valence-corrected chi connectivity index (χ0v) is 13.7. The minimum atomic E-state index is -0.727. The summed E-state index contributed by atoms with van der Waals surface area (Å²) >= 11 is 11.8. The summed E-state index contributed by atoms with van der Waals surface area (Å²) in [5.74, 6) is -1.33. The average Bonchev–Trinajstić information content (AvgIpc) is 2.89. The Balaban J connectivity index is 2.09. The van der Waals surface area contributed by atoms with Crippen molar-refractivity contribution in [3.63, 3.8) is 0 Å². The molecule has 0 aromatic heterocycles. The molecule has 120 valence electrons. The number of benzene rings is 1. The van der Waals surface area contributed by atoms with Gasteiger partial charge >= 0.3 is 0 Å². The van der Waals surface area contributed by atoms with E-state index in [4.69, 9.17) is 28.3 Å².